The van der Waals surface area contributed by atoms with Gasteiger partial charge in [-0.15, -0.1) is 0 Å². The van der Waals surface area contributed by atoms with Gasteiger partial charge in [0, 0.05) is 30.8 Å². The predicted molar refractivity (Wildman–Crippen MR) is 100 cm³/mol. The van der Waals surface area contributed by atoms with Crippen molar-refractivity contribution in [1.82, 2.24) is 4.90 Å². The Bertz CT molecular complexity index is 954. The summed E-state index contributed by atoms with van der Waals surface area (Å²) in [7, 11) is 0. The fraction of sp³-hybridized carbons (Fsp3) is 0.200. The van der Waals surface area contributed by atoms with Crippen LogP contribution in [0.3, 0.4) is 0 Å². The van der Waals surface area contributed by atoms with Gasteiger partial charge in [-0.25, -0.2) is 0 Å². The maximum absolute atomic E-state index is 12.7. The maximum atomic E-state index is 12.7. The third-order valence-electron chi connectivity index (χ3n) is 4.54. The molecule has 144 valence electrons. The van der Waals surface area contributed by atoms with Gasteiger partial charge in [0.15, 0.2) is 0 Å². The van der Waals surface area contributed by atoms with Crippen LogP contribution in [0.15, 0.2) is 60.2 Å². The fourth-order valence-corrected chi connectivity index (χ4v) is 3.26. The third kappa shape index (κ3) is 3.49. The van der Waals surface area contributed by atoms with Crippen molar-refractivity contribution in [2.75, 3.05) is 13.2 Å². The molecule has 1 amide bonds. The van der Waals surface area contributed by atoms with Gasteiger partial charge in [0.1, 0.15) is 5.76 Å². The van der Waals surface area contributed by atoms with Gasteiger partial charge >= 0.3 is 0 Å². The first-order valence-corrected chi connectivity index (χ1v) is 8.64. The average Bonchev–Trinajstić information content (AvgIpc) is 2.97. The molecule has 3 rings (SSSR count). The van der Waals surface area contributed by atoms with E-state index in [-0.39, 0.29) is 36.6 Å². The summed E-state index contributed by atoms with van der Waals surface area (Å²) in [5, 5.41) is 31.0. The summed E-state index contributed by atoms with van der Waals surface area (Å²) in [6, 6.07) is 12.9. The topological polar surface area (TPSA) is 121 Å². The van der Waals surface area contributed by atoms with E-state index in [1.54, 1.807) is 36.4 Å². The van der Waals surface area contributed by atoms with E-state index in [1.165, 1.54) is 23.1 Å². The van der Waals surface area contributed by atoms with Crippen molar-refractivity contribution in [1.29, 1.82) is 0 Å². The quantitative estimate of drug-likeness (QED) is 0.260. The summed E-state index contributed by atoms with van der Waals surface area (Å²) >= 11 is 0. The predicted octanol–water partition coefficient (Wildman–Crippen LogP) is 2.40. The second kappa shape index (κ2) is 8.01. The van der Waals surface area contributed by atoms with E-state index < -0.39 is 22.7 Å². The van der Waals surface area contributed by atoms with Crippen molar-refractivity contribution >= 4 is 23.1 Å². The molecule has 8 nitrogen and oxygen atoms in total. The number of carbonyl (C=O) groups is 2. The Balaban J connectivity index is 2.18. The van der Waals surface area contributed by atoms with Crippen molar-refractivity contribution in [3.63, 3.8) is 0 Å². The summed E-state index contributed by atoms with van der Waals surface area (Å²) in [6.45, 7) is -0.122. The number of likely N-dealkylation sites (tertiary alicyclic amines) is 1. The number of ketones is 1. The van der Waals surface area contributed by atoms with Crippen LogP contribution in [-0.2, 0) is 9.59 Å². The van der Waals surface area contributed by atoms with Crippen LogP contribution in [0.5, 0.6) is 0 Å². The molecule has 1 fully saturated rings. The zero-order chi connectivity index (χ0) is 20.3. The molecular formula is C20H18N2O6. The summed E-state index contributed by atoms with van der Waals surface area (Å²) < 4.78 is 0. The van der Waals surface area contributed by atoms with Crippen LogP contribution in [0, 0.1) is 10.1 Å². The minimum atomic E-state index is -0.980. The van der Waals surface area contributed by atoms with Gasteiger partial charge in [-0.3, -0.25) is 19.7 Å². The molecule has 1 atom stereocenters. The minimum Gasteiger partial charge on any atom is -0.507 e. The van der Waals surface area contributed by atoms with Crippen LogP contribution in [0.1, 0.15) is 23.6 Å². The molecule has 8 heteroatoms. The van der Waals surface area contributed by atoms with Crippen LogP contribution in [0.2, 0.25) is 0 Å². The molecule has 28 heavy (non-hydrogen) atoms. The number of aliphatic hydroxyl groups excluding tert-OH is 2. The van der Waals surface area contributed by atoms with Crippen molar-refractivity contribution in [2.45, 2.75) is 12.5 Å². The van der Waals surface area contributed by atoms with Crippen molar-refractivity contribution in [2.24, 2.45) is 0 Å². The smallest absolute Gasteiger partial charge is 0.295 e. The largest absolute Gasteiger partial charge is 0.507 e. The van der Waals surface area contributed by atoms with Crippen molar-refractivity contribution in [3.05, 3.63) is 81.4 Å². The number of hydrogen-bond acceptors (Lipinski definition) is 6. The lowest BCUT2D eigenvalue weighted by Crippen LogP contribution is -2.31. The van der Waals surface area contributed by atoms with E-state index in [0.717, 1.165) is 0 Å². The fourth-order valence-electron chi connectivity index (χ4n) is 3.26. The van der Waals surface area contributed by atoms with Gasteiger partial charge in [0.25, 0.3) is 17.4 Å². The Labute approximate surface area is 160 Å². The molecule has 0 bridgehead atoms. The summed E-state index contributed by atoms with van der Waals surface area (Å²) in [6.07, 6.45) is 0.226. The number of amides is 1. The number of carbonyl (C=O) groups excluding carboxylic acids is 2. The first-order chi connectivity index (χ1) is 13.5. The van der Waals surface area contributed by atoms with Gasteiger partial charge in [-0.05, 0) is 12.0 Å². The molecule has 1 aliphatic rings. The Morgan fingerprint density at radius 3 is 2.46 bits per heavy atom. The van der Waals surface area contributed by atoms with E-state index in [1.807, 2.05) is 0 Å². The monoisotopic (exact) mass is 382 g/mol. The molecule has 0 radical (unpaired) electrons. The first kappa shape index (κ1) is 19.2. The highest BCUT2D eigenvalue weighted by molar-refractivity contribution is 6.46. The Kier molecular flexibility index (Phi) is 5.51. The molecule has 2 N–H and O–H groups in total. The molecule has 0 saturated carbocycles. The molecule has 2 aromatic rings. The Morgan fingerprint density at radius 1 is 1.11 bits per heavy atom. The van der Waals surface area contributed by atoms with Gasteiger partial charge in [-0.1, -0.05) is 42.5 Å². The maximum Gasteiger partial charge on any atom is 0.295 e. The highest BCUT2D eigenvalue weighted by Crippen LogP contribution is 2.40. The van der Waals surface area contributed by atoms with E-state index >= 15 is 0 Å². The van der Waals surface area contributed by atoms with E-state index in [4.69, 9.17) is 5.11 Å². The molecule has 0 aliphatic carbocycles. The van der Waals surface area contributed by atoms with Crippen LogP contribution in [0.4, 0.5) is 5.69 Å². The van der Waals surface area contributed by atoms with Gasteiger partial charge in [0.05, 0.1) is 16.5 Å². The number of Topliss-reactive ketones (excluding diaryl/α,β-unsaturated/α-hetero) is 1. The molecule has 0 aromatic heterocycles. The summed E-state index contributed by atoms with van der Waals surface area (Å²) in [5.41, 5.74) is 0.376. The average molecular weight is 382 g/mol. The SMILES string of the molecule is O=C1C(=O)N(CCCO)[C@@H](c2cccc([N+](=O)[O-])c2)C1=C(O)c1ccccc1. The lowest BCUT2D eigenvalue weighted by Gasteiger charge is -2.25. The number of hydrogen-bond donors (Lipinski definition) is 2. The number of nitro groups is 1. The standard InChI is InChI=1S/C20H18N2O6/c23-11-5-10-21-17(14-8-4-9-15(12-14)22(27)28)16(19(25)20(21)26)18(24)13-6-2-1-3-7-13/h1-4,6-9,12,17,23-24H,5,10-11H2/t17-/m0/s1. The van der Waals surface area contributed by atoms with E-state index in [0.29, 0.717) is 11.1 Å². The van der Waals surface area contributed by atoms with E-state index in [2.05, 4.69) is 0 Å². The number of non-ortho nitro benzene ring substituents is 1. The van der Waals surface area contributed by atoms with Crippen LogP contribution in [0.25, 0.3) is 5.76 Å². The number of nitro benzene ring substituents is 1. The molecule has 0 spiro atoms. The second-order valence-corrected chi connectivity index (χ2v) is 6.29. The lowest BCUT2D eigenvalue weighted by atomic mass is 9.95. The molecular weight excluding hydrogens is 364 g/mol. The number of nitrogens with zero attached hydrogens (tertiary/aromatic N) is 2. The lowest BCUT2D eigenvalue weighted by molar-refractivity contribution is -0.384. The third-order valence-corrected chi connectivity index (χ3v) is 4.54. The molecule has 1 saturated heterocycles. The Hall–Kier alpha value is -3.52. The highest BCUT2D eigenvalue weighted by atomic mass is 16.6. The highest BCUT2D eigenvalue weighted by Gasteiger charge is 2.46. The normalized spacial score (nSPS) is 18.5. The minimum absolute atomic E-state index is 0.0694. The number of benzene rings is 2. The zero-order valence-electron chi connectivity index (χ0n) is 14.8. The second-order valence-electron chi connectivity index (χ2n) is 6.29. The van der Waals surface area contributed by atoms with Crippen molar-refractivity contribution < 1.29 is 24.7 Å². The van der Waals surface area contributed by atoms with E-state index in [9.17, 15) is 24.8 Å². The number of rotatable bonds is 6. The van der Waals surface area contributed by atoms with Crippen LogP contribution in [-0.4, -0.2) is 44.9 Å². The van der Waals surface area contributed by atoms with Crippen LogP contribution >= 0.6 is 0 Å². The molecule has 0 unspecified atom stereocenters. The zero-order valence-corrected chi connectivity index (χ0v) is 14.8. The summed E-state index contributed by atoms with van der Waals surface area (Å²) in [4.78, 5) is 37.1. The van der Waals surface area contributed by atoms with Crippen LogP contribution < -0.4 is 0 Å². The first-order valence-electron chi connectivity index (χ1n) is 8.64. The molecule has 1 aliphatic heterocycles. The number of aliphatic hydroxyl groups is 2. The van der Waals surface area contributed by atoms with Crippen molar-refractivity contribution in [3.8, 4) is 0 Å². The van der Waals surface area contributed by atoms with Gasteiger partial charge in [0.2, 0.25) is 0 Å². The van der Waals surface area contributed by atoms with Gasteiger partial charge in [-0.2, -0.15) is 0 Å². The summed E-state index contributed by atoms with van der Waals surface area (Å²) in [5.74, 6) is -2.03. The Morgan fingerprint density at radius 2 is 1.82 bits per heavy atom. The molecule has 1 heterocycles. The van der Waals surface area contributed by atoms with Gasteiger partial charge < -0.3 is 15.1 Å². The molecule has 2 aromatic carbocycles.